The number of amides is 3. The van der Waals surface area contributed by atoms with Crippen LogP contribution in [0.3, 0.4) is 0 Å². The van der Waals surface area contributed by atoms with Gasteiger partial charge in [-0.3, -0.25) is 14.4 Å². The number of fused-ring (bicyclic) bond motifs is 1. The number of aliphatic hydroxyl groups excluding tert-OH is 5. The van der Waals surface area contributed by atoms with E-state index in [9.17, 15) is 24.3 Å². The summed E-state index contributed by atoms with van der Waals surface area (Å²) in [6.45, 7) is 1.17. The zero-order valence-corrected chi connectivity index (χ0v) is 33.0. The molecule has 4 aliphatic rings. The Balaban J connectivity index is 0.000000425. The van der Waals surface area contributed by atoms with Crippen molar-refractivity contribution in [1.29, 1.82) is 0 Å². The second kappa shape index (κ2) is 20.4. The van der Waals surface area contributed by atoms with Gasteiger partial charge in [0, 0.05) is 43.0 Å². The van der Waals surface area contributed by atoms with Gasteiger partial charge < -0.3 is 61.6 Å². The molecule has 318 valence electrons. The van der Waals surface area contributed by atoms with Gasteiger partial charge in [0.1, 0.15) is 30.0 Å². The minimum Gasteiger partial charge on any atom is -0.481 e. The number of carboxylic acid groups (broad SMARTS) is 1. The van der Waals surface area contributed by atoms with E-state index in [4.69, 9.17) is 30.3 Å². The first-order valence-corrected chi connectivity index (χ1v) is 20.1. The Kier molecular flexibility index (Phi) is 15.7. The van der Waals surface area contributed by atoms with Gasteiger partial charge in [0.25, 0.3) is 0 Å². The summed E-state index contributed by atoms with van der Waals surface area (Å²) in [6, 6.07) is 16.4. The standard InChI is InChI=1S/C35H42N4O6.C7H17NO5/c1-35(18-26-19-36-28-10-6-5-9-27(26)28,39-34(44)45-32-24-14-21-13-22(16-24)17-25(32)15-21)33(43)37-20-29(23-7-3-2-4-8-23)38-30(40)11-12-31(41)42;1-8-2-4(10)6(12)7(13)5(11)3-9/h2-10,19,21-22,24-25,29,32,36H,11-18,20H2,1H3,(H,37,43)(H,38,40)(H,39,44)(H,41,42);4-13H,2-3H2,1H3/t21?,22?,24?,25?,29-,32?,35+;4-,5+,6-,7+/m00/s1. The first-order chi connectivity index (χ1) is 27.7. The van der Waals surface area contributed by atoms with E-state index in [0.29, 0.717) is 11.8 Å². The second-order valence-electron chi connectivity index (χ2n) is 16.3. The first kappa shape index (κ1) is 44.5. The van der Waals surface area contributed by atoms with E-state index in [1.165, 1.54) is 6.42 Å². The number of carbonyl (C=O) groups is 4. The topological polar surface area (TPSA) is 263 Å². The third kappa shape index (κ3) is 11.5. The van der Waals surface area contributed by atoms with Crippen LogP contribution in [-0.2, 0) is 25.5 Å². The molecule has 4 aliphatic carbocycles. The quantitative estimate of drug-likeness (QED) is 0.0874. The van der Waals surface area contributed by atoms with Crippen molar-refractivity contribution in [3.63, 3.8) is 0 Å². The van der Waals surface area contributed by atoms with Crippen molar-refractivity contribution in [2.45, 2.75) is 100 Å². The van der Waals surface area contributed by atoms with Crippen molar-refractivity contribution in [1.82, 2.24) is 26.3 Å². The maximum Gasteiger partial charge on any atom is 0.408 e. The Morgan fingerprint density at radius 3 is 2.09 bits per heavy atom. The van der Waals surface area contributed by atoms with E-state index in [-0.39, 0.29) is 38.5 Å². The molecule has 1 aromatic heterocycles. The molecule has 0 unspecified atom stereocenters. The Bertz CT molecular complexity index is 1800. The van der Waals surface area contributed by atoms with Crippen LogP contribution in [-0.4, -0.2) is 122 Å². The average Bonchev–Trinajstić information content (AvgIpc) is 3.61. The fourth-order valence-corrected chi connectivity index (χ4v) is 8.99. The lowest BCUT2D eigenvalue weighted by Crippen LogP contribution is -2.60. The molecule has 4 fully saturated rings. The van der Waals surface area contributed by atoms with Gasteiger partial charge in [-0.2, -0.15) is 0 Å². The zero-order chi connectivity index (χ0) is 42.0. The molecule has 7 rings (SSSR count). The van der Waals surface area contributed by atoms with E-state index >= 15 is 0 Å². The zero-order valence-electron chi connectivity index (χ0n) is 33.0. The molecular formula is C42H59N5O11. The largest absolute Gasteiger partial charge is 0.481 e. The van der Waals surface area contributed by atoms with E-state index in [1.54, 1.807) is 14.0 Å². The molecule has 0 radical (unpaired) electrons. The summed E-state index contributed by atoms with van der Waals surface area (Å²) in [7, 11) is 1.57. The van der Waals surface area contributed by atoms with Gasteiger partial charge >= 0.3 is 12.1 Å². The summed E-state index contributed by atoms with van der Waals surface area (Å²) in [5.74, 6) is 0.351. The van der Waals surface area contributed by atoms with Crippen molar-refractivity contribution in [2.75, 3.05) is 26.7 Å². The van der Waals surface area contributed by atoms with Crippen LogP contribution in [0, 0.1) is 23.7 Å². The lowest BCUT2D eigenvalue weighted by Gasteiger charge is -2.53. The number of aromatic amines is 1. The summed E-state index contributed by atoms with van der Waals surface area (Å²) < 4.78 is 6.13. The smallest absolute Gasteiger partial charge is 0.408 e. The number of aliphatic carboxylic acids is 1. The molecule has 3 amide bonds. The number of H-pyrrole nitrogens is 1. The predicted molar refractivity (Wildman–Crippen MR) is 213 cm³/mol. The van der Waals surface area contributed by atoms with Crippen molar-refractivity contribution >= 4 is 34.8 Å². The van der Waals surface area contributed by atoms with Gasteiger partial charge in [0.05, 0.1) is 25.2 Å². The number of benzene rings is 2. The molecule has 4 saturated carbocycles. The summed E-state index contributed by atoms with van der Waals surface area (Å²) in [5, 5.41) is 66.2. The number of para-hydroxylation sites is 1. The molecule has 3 aromatic rings. The van der Waals surface area contributed by atoms with Crippen LogP contribution in [0.25, 0.3) is 10.9 Å². The normalized spacial score (nSPS) is 24.2. The first-order valence-electron chi connectivity index (χ1n) is 20.1. The molecule has 2 aromatic carbocycles. The number of rotatable bonds is 18. The van der Waals surface area contributed by atoms with Crippen LogP contribution >= 0.6 is 0 Å². The van der Waals surface area contributed by atoms with E-state index in [0.717, 1.165) is 59.5 Å². The molecule has 6 atom stereocenters. The molecule has 58 heavy (non-hydrogen) atoms. The van der Waals surface area contributed by atoms with Crippen molar-refractivity contribution in [3.05, 3.63) is 71.9 Å². The Labute approximate surface area is 337 Å². The average molecular weight is 810 g/mol. The third-order valence-electron chi connectivity index (χ3n) is 11.8. The highest BCUT2D eigenvalue weighted by Crippen LogP contribution is 2.54. The number of likely N-dealkylation sites (N-methyl/N-ethyl adjacent to an activating group) is 1. The number of hydrogen-bond acceptors (Lipinski definition) is 11. The van der Waals surface area contributed by atoms with Crippen molar-refractivity contribution < 1.29 is 54.6 Å². The molecule has 0 spiro atoms. The van der Waals surface area contributed by atoms with E-state index in [1.807, 2.05) is 60.8 Å². The van der Waals surface area contributed by atoms with Crippen LogP contribution in [0.1, 0.15) is 69.0 Å². The maximum atomic E-state index is 14.1. The van der Waals surface area contributed by atoms with Gasteiger partial charge in [-0.05, 0) is 86.9 Å². The summed E-state index contributed by atoms with van der Waals surface area (Å²) in [5.41, 5.74) is 1.19. The lowest BCUT2D eigenvalue weighted by atomic mass is 9.55. The Morgan fingerprint density at radius 1 is 0.845 bits per heavy atom. The number of hydrogen-bond donors (Lipinski definition) is 11. The van der Waals surface area contributed by atoms with Crippen LogP contribution in [0.5, 0.6) is 0 Å². The number of aromatic nitrogens is 1. The van der Waals surface area contributed by atoms with Gasteiger partial charge in [-0.25, -0.2) is 4.79 Å². The SMILES string of the molecule is CNC[C@H](O)[C@H](O)[C@H](O)[C@H](O)CO.C[C@](Cc1c[nH]c2ccccc12)(NC(=O)OC1C2CC3CC(C2)CC1C3)C(=O)NC[C@H](NC(=O)CCC(=O)O)c1ccccc1. The third-order valence-corrected chi connectivity index (χ3v) is 11.8. The van der Waals surface area contributed by atoms with Crippen LogP contribution in [0.4, 0.5) is 4.79 Å². The number of carboxylic acids is 1. The fourth-order valence-electron chi connectivity index (χ4n) is 8.99. The Morgan fingerprint density at radius 2 is 1.47 bits per heavy atom. The minimum absolute atomic E-state index is 0.0391. The maximum absolute atomic E-state index is 14.1. The van der Waals surface area contributed by atoms with Gasteiger partial charge in [-0.15, -0.1) is 0 Å². The van der Waals surface area contributed by atoms with Gasteiger partial charge in [0.2, 0.25) is 11.8 Å². The highest BCUT2D eigenvalue weighted by atomic mass is 16.6. The van der Waals surface area contributed by atoms with E-state index < -0.39 is 66.5 Å². The van der Waals surface area contributed by atoms with Crippen LogP contribution < -0.4 is 21.3 Å². The molecule has 0 aliphatic heterocycles. The predicted octanol–water partition coefficient (Wildman–Crippen LogP) is 1.50. The lowest BCUT2D eigenvalue weighted by molar-refractivity contribution is -0.138. The van der Waals surface area contributed by atoms with Gasteiger partial charge in [-0.1, -0.05) is 48.5 Å². The molecule has 16 nitrogen and oxygen atoms in total. The number of aliphatic hydroxyl groups is 5. The number of carbonyl (C=O) groups excluding carboxylic acids is 3. The minimum atomic E-state index is -1.55. The molecule has 1 heterocycles. The van der Waals surface area contributed by atoms with E-state index in [2.05, 4.69) is 26.3 Å². The number of ether oxygens (including phenoxy) is 1. The van der Waals surface area contributed by atoms with Crippen LogP contribution in [0.2, 0.25) is 0 Å². The molecule has 0 saturated heterocycles. The molecule has 16 heteroatoms. The number of alkyl carbamates (subject to hydrolysis) is 1. The Hall–Kier alpha value is -4.58. The monoisotopic (exact) mass is 809 g/mol. The second-order valence-corrected chi connectivity index (χ2v) is 16.3. The van der Waals surface area contributed by atoms with Gasteiger partial charge in [0.15, 0.2) is 0 Å². The van der Waals surface area contributed by atoms with Crippen LogP contribution in [0.15, 0.2) is 60.8 Å². The summed E-state index contributed by atoms with van der Waals surface area (Å²) >= 11 is 0. The molecule has 11 N–H and O–H groups in total. The highest BCUT2D eigenvalue weighted by molar-refractivity contribution is 5.91. The molecular weight excluding hydrogens is 750 g/mol. The molecule has 4 bridgehead atoms. The van der Waals surface area contributed by atoms with Crippen molar-refractivity contribution in [2.24, 2.45) is 23.7 Å². The number of nitrogens with one attached hydrogen (secondary N) is 5. The summed E-state index contributed by atoms with van der Waals surface area (Å²) in [6.07, 6.45) is 0.971. The highest BCUT2D eigenvalue weighted by Gasteiger charge is 2.50. The fraction of sp³-hybridized carbons (Fsp3) is 0.571. The summed E-state index contributed by atoms with van der Waals surface area (Å²) in [4.78, 5) is 54.4. The van der Waals surface area contributed by atoms with Crippen molar-refractivity contribution in [3.8, 4) is 0 Å².